The predicted octanol–water partition coefficient (Wildman–Crippen LogP) is -12.1. The fourth-order valence-electron chi connectivity index (χ4n) is 21.2. The predicted molar refractivity (Wildman–Crippen MR) is 447 cm³/mol. The van der Waals surface area contributed by atoms with E-state index < -0.39 is 273 Å². The second-order valence-electron chi connectivity index (χ2n) is 36.5. The lowest BCUT2D eigenvalue weighted by Gasteiger charge is -2.32. The molecule has 0 unspecified atom stereocenters. The van der Waals surface area contributed by atoms with Gasteiger partial charge in [0, 0.05) is 117 Å². The average Bonchev–Trinajstić information content (AvgIpc) is 1.59. The summed E-state index contributed by atoms with van der Waals surface area (Å²) < 4.78 is 0. The summed E-state index contributed by atoms with van der Waals surface area (Å²) in [5, 5.41) is 94.6. The van der Waals surface area contributed by atoms with Crippen LogP contribution in [-0.4, -0.2) is 465 Å². The molecule has 48 nitrogen and oxygen atoms in total. The fourth-order valence-corrected chi connectivity index (χ4v) is 21.2. The summed E-state index contributed by atoms with van der Waals surface area (Å²) in [6, 6.07) is -15.8. The number of aliphatic hydroxyl groups is 6. The normalized spacial score (nSPS) is 30.2. The summed E-state index contributed by atoms with van der Waals surface area (Å²) in [7, 11) is 0. The molecule has 19 amide bonds. The Hall–Kier alpha value is -10.9. The van der Waals surface area contributed by atoms with Crippen LogP contribution in [0.3, 0.4) is 0 Å². The van der Waals surface area contributed by atoms with Gasteiger partial charge in [-0.05, 0) is 122 Å². The van der Waals surface area contributed by atoms with Crippen LogP contribution >= 0.6 is 0 Å². The first-order chi connectivity index (χ1) is 62.6. The second kappa shape index (κ2) is 43.2. The van der Waals surface area contributed by atoms with E-state index in [1.807, 2.05) is 0 Å². The lowest BCUT2D eigenvalue weighted by molar-refractivity contribution is -0.151. The van der Waals surface area contributed by atoms with E-state index in [2.05, 4.69) is 42.5 Å². The minimum Gasteiger partial charge on any atom is -0.480 e. The zero-order chi connectivity index (χ0) is 94.1. The highest BCUT2D eigenvalue weighted by Gasteiger charge is 2.53. The lowest BCUT2D eigenvalue weighted by atomic mass is 10.1. The number of carboxylic acid groups (broad SMARTS) is 1. The largest absolute Gasteiger partial charge is 0.480 e. The Morgan fingerprint density at radius 3 is 0.817 bits per heavy atom. The van der Waals surface area contributed by atoms with E-state index in [1.165, 1.54) is 34.3 Å². The molecule has 0 aliphatic carbocycles. The molecular weight excluding hydrogens is 1720 g/mol. The van der Waals surface area contributed by atoms with Gasteiger partial charge in [-0.3, -0.25) is 91.1 Å². The molecule has 0 spiro atoms. The maximum atomic E-state index is 14.5. The molecule has 20 atom stereocenters. The summed E-state index contributed by atoms with van der Waals surface area (Å²) >= 11 is 0. The van der Waals surface area contributed by atoms with Gasteiger partial charge in [-0.25, -0.2) is 4.79 Å². The minimum absolute atomic E-state index is 0.0269. The number of nitrogens with one attached hydrogen (secondary N) is 8. The lowest BCUT2D eigenvalue weighted by Crippen LogP contribution is -2.57. The third kappa shape index (κ3) is 22.2. The monoisotopic (exact) mass is 1850 g/mol. The SMILES string of the molecule is NCCCC[C@H](NC(=O)CNC(=O)[C@@H]1CCCN1C(=O)[C@@H]1C[C@@H](O)CN1)C(=O)N1CCC[C@H]1C(=O)NCC(=O)N1C[C@H](O)C[C@H]1C(=O)N1CCC[C@H]1C(=O)NCC(=O)N1C[C@H](O)C[C@H]1C(=O)N1CCC[C@H]1C(=O)NCC(=O)N1C[C@H](O)C[C@H]1C(=O)N1CCC[C@H]1C(=O)NCC(=O)N1C[C@H](O)C[C@H]1C(=O)N1CCC[C@H]1C(=O)NCC(=O)N1C[C@H](O)C[C@H]1C(=O)N1CCC[C@H]1C(=O)O. The summed E-state index contributed by atoms with van der Waals surface area (Å²) in [6.45, 7) is -4.16. The summed E-state index contributed by atoms with van der Waals surface area (Å²) in [5.74, 6) is -14.4. The second-order valence-corrected chi connectivity index (χ2v) is 36.5. The van der Waals surface area contributed by atoms with Crippen LogP contribution in [0.2, 0.25) is 0 Å². The van der Waals surface area contributed by atoms with Crippen LogP contribution in [0.4, 0.5) is 0 Å². The Bertz CT molecular complexity index is 4400. The van der Waals surface area contributed by atoms with Crippen molar-refractivity contribution in [3.63, 3.8) is 0 Å². The van der Waals surface area contributed by atoms with Crippen LogP contribution in [0.1, 0.15) is 148 Å². The Labute approximate surface area is 753 Å². The number of hydrogen-bond acceptors (Lipinski definition) is 28. The number of carbonyl (C=O) groups excluding carboxylic acids is 19. The van der Waals surface area contributed by atoms with E-state index in [0.29, 0.717) is 70.8 Å². The Kier molecular flexibility index (Phi) is 32.2. The number of nitrogens with two attached hydrogens (primary N) is 1. The van der Waals surface area contributed by atoms with Crippen LogP contribution in [0.25, 0.3) is 0 Å². The van der Waals surface area contributed by atoms with E-state index in [1.54, 1.807) is 0 Å². The van der Waals surface area contributed by atoms with Gasteiger partial charge in [0.25, 0.3) is 0 Å². The summed E-state index contributed by atoms with van der Waals surface area (Å²) in [5.41, 5.74) is 5.76. The van der Waals surface area contributed by atoms with Crippen molar-refractivity contribution in [1.29, 1.82) is 0 Å². The van der Waals surface area contributed by atoms with Crippen molar-refractivity contribution < 1.29 is 132 Å². The van der Waals surface area contributed by atoms with Crippen molar-refractivity contribution in [3.05, 3.63) is 0 Å². The number of nitrogens with zero attached hydrogens (tertiary/aromatic N) is 12. The van der Waals surface area contributed by atoms with Gasteiger partial charge >= 0.3 is 5.97 Å². The number of amides is 19. The fraction of sp³-hybridized carbons (Fsp3) is 0.759. The number of hydrogen-bond donors (Lipinski definition) is 16. The number of carbonyl (C=O) groups is 20. The van der Waals surface area contributed by atoms with Crippen LogP contribution in [0.15, 0.2) is 0 Å². The van der Waals surface area contributed by atoms with E-state index in [9.17, 15) is 132 Å². The van der Waals surface area contributed by atoms with E-state index >= 15 is 0 Å². The van der Waals surface area contributed by atoms with Gasteiger partial charge in [-0.1, -0.05) is 0 Å². The Morgan fingerprint density at radius 2 is 0.550 bits per heavy atom. The standard InChI is InChI=1S/C83H123N21O27/c84-18-2-1-10-50(92-64(111)33-86-70(117)52-11-4-20-94(52)77(124)51-26-44(105)32-85-51)76(123)93-19-3-12-53(93)71(118)87-34-65(112)100-39-45(106)27-59(100)78(125)95-21-5-13-54(95)72(119)88-35-66(113)101-40-46(107)28-60(101)79(126)96-22-6-14-55(96)73(120)89-36-67(114)102-41-47(108)29-61(102)80(127)97-23-7-15-56(97)74(121)90-37-68(115)103-42-48(109)30-62(103)81(128)98-24-8-16-57(98)75(122)91-38-69(116)104-43-49(110)31-63(104)82(129)99-25-9-17-58(99)83(130)131/h44-63,85,105-110H,1-43,84H2,(H,86,117)(H,87,118)(H,88,119)(H,89,120)(H,90,121)(H,91,122)(H,92,111)(H,130,131)/t44-,45-,46-,47-,48-,49-,50+,51+,52+,53+,54+,55+,56+,57+,58+,59+,60+,61+,62+,63+/m1/s1. The van der Waals surface area contributed by atoms with Crippen molar-refractivity contribution in [2.75, 3.05) is 131 Å². The summed E-state index contributed by atoms with van der Waals surface area (Å²) in [4.78, 5) is 291. The molecule has 17 N–H and O–H groups in total. The molecule has 0 bridgehead atoms. The maximum absolute atomic E-state index is 14.5. The third-order valence-corrected chi connectivity index (χ3v) is 27.8. The van der Waals surface area contributed by atoms with Gasteiger partial charge in [0.15, 0.2) is 0 Å². The number of rotatable bonds is 31. The molecule has 13 saturated heterocycles. The molecule has 0 radical (unpaired) electrons. The smallest absolute Gasteiger partial charge is 0.326 e. The number of carboxylic acids is 1. The van der Waals surface area contributed by atoms with Gasteiger partial charge in [-0.15, -0.1) is 0 Å². The number of likely N-dealkylation sites (tertiary alicyclic amines) is 12. The molecular formula is C83H123N21O27. The average molecular weight is 1850 g/mol. The van der Waals surface area contributed by atoms with Crippen molar-refractivity contribution in [3.8, 4) is 0 Å². The highest BCUT2D eigenvalue weighted by molar-refractivity contribution is 6.02. The number of unbranched alkanes of at least 4 members (excludes halogenated alkanes) is 1. The molecule has 13 aliphatic rings. The van der Waals surface area contributed by atoms with E-state index in [0.717, 1.165) is 24.5 Å². The number of aliphatic carboxylic acids is 1. The van der Waals surface area contributed by atoms with Gasteiger partial charge in [0.2, 0.25) is 112 Å². The van der Waals surface area contributed by atoms with Crippen LogP contribution in [-0.2, 0) is 95.9 Å². The third-order valence-electron chi connectivity index (χ3n) is 27.8. The van der Waals surface area contributed by atoms with Gasteiger partial charge in [0.05, 0.1) is 81.9 Å². The Morgan fingerprint density at radius 1 is 0.298 bits per heavy atom. The van der Waals surface area contributed by atoms with Crippen molar-refractivity contribution >= 4 is 118 Å². The molecule has 0 aromatic heterocycles. The molecule has 722 valence electrons. The molecule has 0 saturated carbocycles. The topological polar surface area (TPSA) is 644 Å². The molecule has 48 heteroatoms. The number of aliphatic hydroxyl groups excluding tert-OH is 6. The van der Waals surface area contributed by atoms with E-state index in [-0.39, 0.29) is 174 Å². The van der Waals surface area contributed by atoms with Crippen molar-refractivity contribution in [2.24, 2.45) is 5.73 Å². The first-order valence-corrected chi connectivity index (χ1v) is 45.9. The molecule has 13 rings (SSSR count). The molecule has 13 aliphatic heterocycles. The van der Waals surface area contributed by atoms with E-state index in [4.69, 9.17) is 5.73 Å². The molecule has 0 aromatic rings. The van der Waals surface area contributed by atoms with Gasteiger partial charge in [0.1, 0.15) is 78.5 Å². The number of β-amino-alcohol motifs (C(OH)–C–C–N with tert-alkyl or cyclic N) is 6. The zero-order valence-electron chi connectivity index (χ0n) is 73.2. The van der Waals surface area contributed by atoms with Crippen LogP contribution in [0.5, 0.6) is 0 Å². The zero-order valence-corrected chi connectivity index (χ0v) is 73.2. The summed E-state index contributed by atoms with van der Waals surface area (Å²) in [6.07, 6.45) is -2.41. The maximum Gasteiger partial charge on any atom is 0.326 e. The quantitative estimate of drug-likeness (QED) is 0.0287. The highest BCUT2D eigenvalue weighted by Crippen LogP contribution is 2.34. The van der Waals surface area contributed by atoms with Gasteiger partial charge < -0.3 is 143 Å². The van der Waals surface area contributed by atoms with Crippen molar-refractivity contribution in [1.82, 2.24) is 101 Å². The van der Waals surface area contributed by atoms with Gasteiger partial charge in [-0.2, -0.15) is 0 Å². The van der Waals surface area contributed by atoms with Crippen LogP contribution < -0.4 is 48.3 Å². The molecule has 0 aromatic carbocycles. The highest BCUT2D eigenvalue weighted by atomic mass is 16.4. The Balaban J connectivity index is 0.539. The molecule has 13 heterocycles. The minimum atomic E-state index is -1.32. The first kappa shape index (κ1) is 97.6. The molecule has 131 heavy (non-hydrogen) atoms. The molecule has 13 fully saturated rings. The first-order valence-electron chi connectivity index (χ1n) is 45.9. The van der Waals surface area contributed by atoms with Crippen molar-refractivity contribution in [2.45, 2.75) is 269 Å². The van der Waals surface area contributed by atoms with Crippen LogP contribution in [0, 0.1) is 0 Å².